The third-order valence-corrected chi connectivity index (χ3v) is 14.9. The maximum Gasteiger partial charge on any atom is 0.252 e. The molecule has 4 aliphatic rings. The van der Waals surface area contributed by atoms with E-state index in [0.717, 1.165) is 120 Å². The molecule has 3 aliphatic heterocycles. The molecule has 0 unspecified atom stereocenters. The van der Waals surface area contributed by atoms with Crippen LogP contribution >= 0.6 is 0 Å². The number of furan rings is 2. The number of nitrogens with zero attached hydrogens (tertiary/aromatic N) is 2. The fourth-order valence-corrected chi connectivity index (χ4v) is 11.5. The summed E-state index contributed by atoms with van der Waals surface area (Å²) < 4.78 is 25.8. The fraction of sp³-hybridized carbons (Fsp3) is 0.161. The maximum absolute atomic E-state index is 6.52. The molecular weight excluding hydrogens is 848 g/mol. The van der Waals surface area contributed by atoms with Crippen LogP contribution < -0.4 is 35.7 Å². The molecule has 0 atom stereocenters. The Morgan fingerprint density at radius 2 is 1.13 bits per heavy atom. The molecule has 7 heteroatoms. The van der Waals surface area contributed by atoms with Crippen molar-refractivity contribution in [1.29, 1.82) is 0 Å². The summed E-state index contributed by atoms with van der Waals surface area (Å²) in [5.74, 6) is 2.56. The van der Waals surface area contributed by atoms with E-state index in [9.17, 15) is 0 Å². The van der Waals surface area contributed by atoms with Gasteiger partial charge in [0.25, 0.3) is 6.71 Å². The summed E-state index contributed by atoms with van der Waals surface area (Å²) in [5, 5.41) is 3.47. The number of hydrogen-bond donors (Lipinski definition) is 0. The number of benzene rings is 8. The lowest BCUT2D eigenvalue weighted by Crippen LogP contribution is -2.61. The lowest BCUT2D eigenvalue weighted by atomic mass is 9.33. The zero-order valence-corrected chi connectivity index (χ0v) is 39.2. The van der Waals surface area contributed by atoms with E-state index in [1.807, 2.05) is 12.1 Å². The van der Waals surface area contributed by atoms with E-state index >= 15 is 0 Å². The summed E-state index contributed by atoms with van der Waals surface area (Å²) in [6, 6.07) is 56.1. The number of hydrogen-bond acceptors (Lipinski definition) is 6. The number of aryl methyl sites for hydroxylation is 2. The van der Waals surface area contributed by atoms with E-state index in [1.54, 1.807) is 0 Å². The molecular formula is C62H49BN2O4. The number of fused-ring (bicyclic) bond motifs is 11. The molecule has 1 aliphatic carbocycles. The van der Waals surface area contributed by atoms with E-state index in [2.05, 4.69) is 189 Å². The lowest BCUT2D eigenvalue weighted by Gasteiger charge is -2.44. The zero-order chi connectivity index (χ0) is 46.1. The minimum atomic E-state index is -0.112. The number of ether oxygens (including phenoxy) is 2. The Kier molecular flexibility index (Phi) is 8.77. The largest absolute Gasteiger partial charge is 0.490 e. The summed E-state index contributed by atoms with van der Waals surface area (Å²) in [4.78, 5) is 4.95. The minimum absolute atomic E-state index is 0.0178. The number of para-hydroxylation sites is 1. The maximum atomic E-state index is 6.52. The molecule has 5 heterocycles. The Labute approximate surface area is 402 Å². The predicted octanol–water partition coefficient (Wildman–Crippen LogP) is 14.5. The van der Waals surface area contributed by atoms with Gasteiger partial charge in [0.05, 0.1) is 13.2 Å². The van der Waals surface area contributed by atoms with Gasteiger partial charge in [0.2, 0.25) is 0 Å². The molecule has 0 radical (unpaired) electrons. The summed E-state index contributed by atoms with van der Waals surface area (Å²) in [7, 11) is 0. The second-order valence-electron chi connectivity index (χ2n) is 20.3. The molecule has 0 fully saturated rings. The van der Waals surface area contributed by atoms with Crippen LogP contribution in [0.2, 0.25) is 0 Å². The zero-order valence-electron chi connectivity index (χ0n) is 39.2. The van der Waals surface area contributed by atoms with Crippen molar-refractivity contribution >= 4 is 96.2 Å². The number of allylic oxidation sites excluding steroid dienone is 1. The molecule has 334 valence electrons. The average Bonchev–Trinajstić information content (AvgIpc) is 3.84. The van der Waals surface area contributed by atoms with Crippen LogP contribution in [0.4, 0.5) is 34.1 Å². The molecule has 69 heavy (non-hydrogen) atoms. The van der Waals surface area contributed by atoms with E-state index in [-0.39, 0.29) is 12.1 Å². The SMILES string of the molecule is Cc1cc2c3c(c1)N(c1ccc(C(C)(C)C)cc1)c1cc4c(cc1B3c1cc(-c3ccc5c6c(oc5c3)C=CCC6)ccc1N2c1ccc(-c2ccc3c(c2)oc2ccccc23)cc1)OCCCO4. The van der Waals surface area contributed by atoms with E-state index in [1.165, 1.54) is 38.5 Å². The van der Waals surface area contributed by atoms with Crippen molar-refractivity contribution in [3.05, 3.63) is 180 Å². The van der Waals surface area contributed by atoms with Crippen LogP contribution in [0, 0.1) is 6.92 Å². The molecule has 0 spiro atoms. The molecule has 6 nitrogen and oxygen atoms in total. The molecule has 0 bridgehead atoms. The topological polar surface area (TPSA) is 51.2 Å². The highest BCUT2D eigenvalue weighted by molar-refractivity contribution is 7.00. The molecule has 14 rings (SSSR count). The predicted molar refractivity (Wildman–Crippen MR) is 285 cm³/mol. The van der Waals surface area contributed by atoms with Crippen LogP contribution in [-0.2, 0) is 11.8 Å². The Balaban J connectivity index is 0.978. The summed E-state index contributed by atoms with van der Waals surface area (Å²) in [5.41, 5.74) is 21.5. The molecule has 0 saturated heterocycles. The van der Waals surface area contributed by atoms with Gasteiger partial charge in [-0.25, -0.2) is 0 Å². The smallest absolute Gasteiger partial charge is 0.252 e. The first kappa shape index (κ1) is 40.2. The Morgan fingerprint density at radius 1 is 0.522 bits per heavy atom. The van der Waals surface area contributed by atoms with Crippen LogP contribution in [0.1, 0.15) is 56.1 Å². The summed E-state index contributed by atoms with van der Waals surface area (Å²) in [6.45, 7) is 10.2. The van der Waals surface area contributed by atoms with Crippen molar-refractivity contribution in [3.63, 3.8) is 0 Å². The normalized spacial score (nSPS) is 14.8. The van der Waals surface area contributed by atoms with Crippen LogP contribution in [0.25, 0.3) is 61.2 Å². The number of anilines is 6. The van der Waals surface area contributed by atoms with Crippen LogP contribution in [-0.4, -0.2) is 19.9 Å². The highest BCUT2D eigenvalue weighted by Gasteiger charge is 2.44. The van der Waals surface area contributed by atoms with Crippen LogP contribution in [0.5, 0.6) is 11.5 Å². The molecule has 8 aromatic carbocycles. The average molecular weight is 897 g/mol. The molecule has 0 saturated carbocycles. The minimum Gasteiger partial charge on any atom is -0.490 e. The van der Waals surface area contributed by atoms with Crippen LogP contribution in [0.15, 0.2) is 167 Å². The second kappa shape index (κ2) is 15.1. The molecule has 0 amide bonds. The third kappa shape index (κ3) is 6.33. The van der Waals surface area contributed by atoms with Gasteiger partial charge in [-0.2, -0.15) is 0 Å². The first-order chi connectivity index (χ1) is 33.7. The Bertz CT molecular complexity index is 3780. The quantitative estimate of drug-likeness (QED) is 0.164. The van der Waals surface area contributed by atoms with Crippen LogP contribution in [0.3, 0.4) is 0 Å². The van der Waals surface area contributed by atoms with Crippen molar-refractivity contribution in [2.75, 3.05) is 23.0 Å². The van der Waals surface area contributed by atoms with Crippen molar-refractivity contribution in [3.8, 4) is 33.8 Å². The van der Waals surface area contributed by atoms with Crippen molar-refractivity contribution in [2.24, 2.45) is 0 Å². The summed E-state index contributed by atoms with van der Waals surface area (Å²) >= 11 is 0. The van der Waals surface area contributed by atoms with Gasteiger partial charge in [0.1, 0.15) is 22.5 Å². The van der Waals surface area contributed by atoms with Crippen molar-refractivity contribution in [1.82, 2.24) is 0 Å². The van der Waals surface area contributed by atoms with Gasteiger partial charge in [0.15, 0.2) is 11.5 Å². The fourth-order valence-electron chi connectivity index (χ4n) is 11.5. The second-order valence-corrected chi connectivity index (χ2v) is 20.3. The highest BCUT2D eigenvalue weighted by Crippen LogP contribution is 2.48. The van der Waals surface area contributed by atoms with Gasteiger partial charge in [0, 0.05) is 68.3 Å². The van der Waals surface area contributed by atoms with E-state index < -0.39 is 0 Å². The van der Waals surface area contributed by atoms with Gasteiger partial charge in [-0.05, 0) is 154 Å². The summed E-state index contributed by atoms with van der Waals surface area (Å²) in [6.07, 6.45) is 7.22. The van der Waals surface area contributed by atoms with Gasteiger partial charge < -0.3 is 28.1 Å². The first-order valence-corrected chi connectivity index (χ1v) is 24.4. The van der Waals surface area contributed by atoms with Crippen molar-refractivity contribution < 1.29 is 18.3 Å². The van der Waals surface area contributed by atoms with E-state index in [0.29, 0.717) is 13.2 Å². The van der Waals surface area contributed by atoms with E-state index in [4.69, 9.17) is 18.3 Å². The highest BCUT2D eigenvalue weighted by atomic mass is 16.5. The first-order valence-electron chi connectivity index (χ1n) is 24.4. The molecule has 2 aromatic heterocycles. The van der Waals surface area contributed by atoms with Crippen molar-refractivity contribution in [2.45, 2.75) is 52.4 Å². The monoisotopic (exact) mass is 896 g/mol. The van der Waals surface area contributed by atoms with Gasteiger partial charge in [-0.15, -0.1) is 0 Å². The Morgan fingerprint density at radius 3 is 1.90 bits per heavy atom. The Hall–Kier alpha value is -7.90. The third-order valence-electron chi connectivity index (χ3n) is 14.9. The number of rotatable bonds is 4. The molecule has 0 N–H and O–H groups in total. The lowest BCUT2D eigenvalue weighted by molar-refractivity contribution is 0.297. The molecule has 10 aromatic rings. The van der Waals surface area contributed by atoms with Gasteiger partial charge in [-0.1, -0.05) is 99.6 Å². The standard InChI is InChI=1S/C62H49BN2O4/c1-37-30-53-61-54(31-37)65(44-23-19-42(20-24-44)62(2,3)4)52-36-60-59(66-28-9-29-67-60)35-50(52)63(61)49-32-39(41-17-26-48-46-11-6-8-13-56(46)69-58(48)34-41)18-27-51(49)64(53)43-21-14-38(15-22-43)40-16-25-47-45-10-5-7-12-55(45)68-57(47)33-40/h5,7-8,10,12-27,30-36H,6,9,11,28-29H2,1-4H3. The van der Waals surface area contributed by atoms with Gasteiger partial charge in [-0.3, -0.25) is 0 Å². The van der Waals surface area contributed by atoms with Gasteiger partial charge >= 0.3 is 0 Å².